The molecule has 0 bridgehead atoms. The van der Waals surface area contributed by atoms with Crippen LogP contribution in [0, 0.1) is 36.0 Å². The number of phenols is 1. The third-order valence-corrected chi connectivity index (χ3v) is 7.15. The third-order valence-electron chi connectivity index (χ3n) is 6.13. The van der Waals surface area contributed by atoms with E-state index < -0.39 is 20.8 Å². The van der Waals surface area contributed by atoms with Crippen LogP contribution in [0.5, 0.6) is 11.5 Å². The van der Waals surface area contributed by atoms with E-state index in [0.717, 1.165) is 18.4 Å². The third kappa shape index (κ3) is 6.16. The maximum Gasteiger partial charge on any atom is 0.298 e. The van der Waals surface area contributed by atoms with Crippen LogP contribution in [0.25, 0.3) is 0 Å². The van der Waals surface area contributed by atoms with Crippen LogP contribution in [0.3, 0.4) is 0 Å². The van der Waals surface area contributed by atoms with E-state index in [1.54, 1.807) is 13.8 Å². The number of hydrogen-bond acceptors (Lipinski definition) is 4. The average molecular weight is 457 g/mol. The van der Waals surface area contributed by atoms with Gasteiger partial charge in [-0.15, -0.1) is 0 Å². The lowest BCUT2D eigenvalue weighted by atomic mass is 9.55. The number of ether oxygens (including phenoxy) is 1. The van der Waals surface area contributed by atoms with E-state index in [9.17, 15) is 18.1 Å². The summed E-state index contributed by atoms with van der Waals surface area (Å²) in [6.07, 6.45) is 1.88. The highest BCUT2D eigenvalue weighted by molar-refractivity contribution is 7.86. The SMILES string of the molecule is COc1c(C)c(S(=O)(=O)O)c(O)c(C)c1C(C(C)(C)CC(C)C)C(C)(C)CC(C)(C)C. The quantitative estimate of drug-likeness (QED) is 0.416. The molecule has 31 heavy (non-hydrogen) atoms. The van der Waals surface area contributed by atoms with Crippen molar-refractivity contribution < 1.29 is 22.8 Å². The van der Waals surface area contributed by atoms with E-state index in [0.29, 0.717) is 17.2 Å². The summed E-state index contributed by atoms with van der Waals surface area (Å²) in [5, 5.41) is 10.9. The van der Waals surface area contributed by atoms with Crippen molar-refractivity contribution in [3.05, 3.63) is 16.7 Å². The van der Waals surface area contributed by atoms with Crippen LogP contribution >= 0.6 is 0 Å². The van der Waals surface area contributed by atoms with Gasteiger partial charge in [0.15, 0.2) is 0 Å². The summed E-state index contributed by atoms with van der Waals surface area (Å²) < 4.78 is 39.6. The molecule has 1 aromatic carbocycles. The topological polar surface area (TPSA) is 83.8 Å². The Balaban J connectivity index is 4.10. The van der Waals surface area contributed by atoms with Gasteiger partial charge in [-0.2, -0.15) is 8.42 Å². The first-order valence-electron chi connectivity index (χ1n) is 11.0. The van der Waals surface area contributed by atoms with E-state index in [2.05, 4.69) is 62.3 Å². The highest BCUT2D eigenvalue weighted by Gasteiger charge is 2.46. The predicted octanol–water partition coefficient (Wildman–Crippen LogP) is 6.88. The monoisotopic (exact) mass is 456 g/mol. The van der Waals surface area contributed by atoms with Crippen LogP contribution in [0.1, 0.15) is 97.8 Å². The van der Waals surface area contributed by atoms with Crippen LogP contribution in [0.15, 0.2) is 4.90 Å². The van der Waals surface area contributed by atoms with E-state index >= 15 is 0 Å². The molecule has 1 unspecified atom stereocenters. The molecule has 0 saturated carbocycles. The normalized spacial score (nSPS) is 14.8. The minimum Gasteiger partial charge on any atom is -0.506 e. The van der Waals surface area contributed by atoms with Crippen molar-refractivity contribution in [1.29, 1.82) is 0 Å². The fraction of sp³-hybridized carbons (Fsp3) is 0.760. The molecule has 6 heteroatoms. The van der Waals surface area contributed by atoms with Gasteiger partial charge < -0.3 is 9.84 Å². The first kappa shape index (κ1) is 27.8. The second-order valence-corrected chi connectivity index (χ2v) is 13.5. The van der Waals surface area contributed by atoms with E-state index in [1.807, 2.05) is 0 Å². The molecular formula is C25H44O5S. The number of rotatable bonds is 8. The molecule has 180 valence electrons. The van der Waals surface area contributed by atoms with Crippen molar-refractivity contribution in [3.8, 4) is 11.5 Å². The Bertz CT molecular complexity index is 903. The zero-order chi connectivity index (χ0) is 24.7. The van der Waals surface area contributed by atoms with Crippen LogP contribution < -0.4 is 4.74 Å². The fourth-order valence-electron chi connectivity index (χ4n) is 6.36. The largest absolute Gasteiger partial charge is 0.506 e. The Kier molecular flexibility index (Phi) is 8.00. The smallest absolute Gasteiger partial charge is 0.298 e. The van der Waals surface area contributed by atoms with Crippen LogP contribution in [0.4, 0.5) is 0 Å². The van der Waals surface area contributed by atoms with Crippen molar-refractivity contribution in [1.82, 2.24) is 0 Å². The van der Waals surface area contributed by atoms with Gasteiger partial charge in [0.2, 0.25) is 0 Å². The van der Waals surface area contributed by atoms with E-state index in [4.69, 9.17) is 4.74 Å². The summed E-state index contributed by atoms with van der Waals surface area (Å²) in [7, 11) is -3.10. The zero-order valence-corrected chi connectivity index (χ0v) is 22.4. The number of methoxy groups -OCH3 is 1. The van der Waals surface area contributed by atoms with Crippen LogP contribution in [-0.4, -0.2) is 25.2 Å². The summed E-state index contributed by atoms with van der Waals surface area (Å²) in [5.74, 6) is 0.456. The molecule has 0 aliphatic rings. The Morgan fingerprint density at radius 1 is 0.935 bits per heavy atom. The summed E-state index contributed by atoms with van der Waals surface area (Å²) in [4.78, 5) is -0.473. The summed E-state index contributed by atoms with van der Waals surface area (Å²) in [5.41, 5.74) is 1.22. The maximum absolute atomic E-state index is 12.0. The Hall–Kier alpha value is -1.27. The second-order valence-electron chi connectivity index (χ2n) is 12.1. The van der Waals surface area contributed by atoms with Crippen molar-refractivity contribution in [2.24, 2.45) is 22.2 Å². The van der Waals surface area contributed by atoms with Gasteiger partial charge in [-0.3, -0.25) is 4.55 Å². The molecule has 1 aromatic rings. The number of aromatic hydroxyl groups is 1. The van der Waals surface area contributed by atoms with Crippen LogP contribution in [-0.2, 0) is 10.1 Å². The van der Waals surface area contributed by atoms with Gasteiger partial charge in [0.05, 0.1) is 7.11 Å². The first-order valence-corrected chi connectivity index (χ1v) is 12.5. The molecule has 0 fully saturated rings. The Morgan fingerprint density at radius 3 is 1.77 bits per heavy atom. The molecule has 0 spiro atoms. The van der Waals surface area contributed by atoms with Crippen molar-refractivity contribution >= 4 is 10.1 Å². The minimum absolute atomic E-state index is 0.0309. The summed E-state index contributed by atoms with van der Waals surface area (Å²) in [6.45, 7) is 23.3. The Morgan fingerprint density at radius 2 is 1.42 bits per heavy atom. The van der Waals surface area contributed by atoms with Gasteiger partial charge in [-0.1, -0.05) is 62.3 Å². The van der Waals surface area contributed by atoms with Gasteiger partial charge in [0.25, 0.3) is 10.1 Å². The van der Waals surface area contributed by atoms with Gasteiger partial charge in [0.1, 0.15) is 16.4 Å². The Labute approximate surface area is 190 Å². The molecule has 0 aliphatic heterocycles. The van der Waals surface area contributed by atoms with Gasteiger partial charge in [-0.05, 0) is 60.3 Å². The van der Waals surface area contributed by atoms with Gasteiger partial charge >= 0.3 is 0 Å². The molecule has 1 atom stereocenters. The number of phenolic OH excluding ortho intramolecular Hbond substituents is 1. The standard InChI is InChI=1S/C25H44O5S/c1-15(2)13-24(8,9)22(25(10,11)14-23(5,6)7)18-16(3)19(26)21(31(27,28)29)17(4)20(18)30-12/h15,22,26H,13-14H2,1-12H3,(H,27,28,29). The minimum atomic E-state index is -4.61. The molecule has 2 N–H and O–H groups in total. The molecule has 1 rings (SSSR count). The van der Waals surface area contributed by atoms with E-state index in [-0.39, 0.29) is 27.7 Å². The molecule has 0 heterocycles. The highest BCUT2D eigenvalue weighted by atomic mass is 32.2. The van der Waals surface area contributed by atoms with E-state index in [1.165, 1.54) is 7.11 Å². The number of benzene rings is 1. The van der Waals surface area contributed by atoms with Crippen molar-refractivity contribution in [2.45, 2.75) is 99.8 Å². The van der Waals surface area contributed by atoms with Gasteiger partial charge in [-0.25, -0.2) is 0 Å². The fourth-order valence-corrected chi connectivity index (χ4v) is 7.23. The molecule has 0 amide bonds. The zero-order valence-electron chi connectivity index (χ0n) is 21.6. The molecular weight excluding hydrogens is 412 g/mol. The van der Waals surface area contributed by atoms with Crippen molar-refractivity contribution in [2.75, 3.05) is 7.11 Å². The first-order chi connectivity index (χ1) is 13.7. The molecule has 5 nitrogen and oxygen atoms in total. The molecule has 0 radical (unpaired) electrons. The molecule has 0 aliphatic carbocycles. The highest BCUT2D eigenvalue weighted by Crippen LogP contribution is 2.58. The summed E-state index contributed by atoms with van der Waals surface area (Å²) >= 11 is 0. The van der Waals surface area contributed by atoms with Crippen molar-refractivity contribution in [3.63, 3.8) is 0 Å². The number of hydrogen-bond donors (Lipinski definition) is 2. The lowest BCUT2D eigenvalue weighted by molar-refractivity contribution is 0.0766. The molecule has 0 saturated heterocycles. The lowest BCUT2D eigenvalue weighted by Crippen LogP contribution is -2.38. The van der Waals surface area contributed by atoms with Gasteiger partial charge in [0, 0.05) is 11.1 Å². The maximum atomic E-state index is 12.0. The predicted molar refractivity (Wildman–Crippen MR) is 128 cm³/mol. The average Bonchev–Trinajstić information content (AvgIpc) is 2.46. The lowest BCUT2D eigenvalue weighted by Gasteiger charge is -2.49. The van der Waals surface area contributed by atoms with Crippen LogP contribution in [0.2, 0.25) is 0 Å². The molecule has 0 aromatic heterocycles. The second kappa shape index (κ2) is 8.93. The summed E-state index contributed by atoms with van der Waals surface area (Å²) in [6, 6.07) is 0.